The van der Waals surface area contributed by atoms with Gasteiger partial charge in [0.1, 0.15) is 0 Å². The molecule has 1 unspecified atom stereocenters. The zero-order valence-electron chi connectivity index (χ0n) is 28.4. The van der Waals surface area contributed by atoms with E-state index >= 15 is 0 Å². The molecule has 0 radical (unpaired) electrons. The Hall–Kier alpha value is -1.26. The number of aryl methyl sites for hydroxylation is 1. The molecule has 0 aliphatic heterocycles. The summed E-state index contributed by atoms with van der Waals surface area (Å²) < 4.78 is 14.0. The minimum atomic E-state index is -2.01. The van der Waals surface area contributed by atoms with Crippen LogP contribution < -0.4 is 0 Å². The molecule has 0 spiro atoms. The van der Waals surface area contributed by atoms with Gasteiger partial charge in [0.15, 0.2) is 16.6 Å². The number of aliphatic carboxylic acids is 1. The Kier molecular flexibility index (Phi) is 13.8. The smallest absolute Gasteiger partial charge is 0.303 e. The van der Waals surface area contributed by atoms with Crippen LogP contribution in [-0.2, 0) is 20.1 Å². The van der Waals surface area contributed by atoms with Crippen LogP contribution in [0.2, 0.25) is 36.3 Å². The quantitative estimate of drug-likeness (QED) is 0.110. The van der Waals surface area contributed by atoms with Crippen molar-refractivity contribution in [2.45, 2.75) is 154 Å². The third-order valence-corrected chi connectivity index (χ3v) is 19.3. The molecule has 1 saturated carbocycles. The number of hydrogen-bond donors (Lipinski definition) is 2. The van der Waals surface area contributed by atoms with E-state index in [4.69, 9.17) is 14.0 Å². The molecule has 42 heavy (non-hydrogen) atoms. The van der Waals surface area contributed by atoms with Gasteiger partial charge in [0.05, 0.1) is 12.2 Å². The highest BCUT2D eigenvalue weighted by atomic mass is 28.4. The lowest BCUT2D eigenvalue weighted by molar-refractivity contribution is -0.137. The second kappa shape index (κ2) is 15.6. The van der Waals surface area contributed by atoms with Crippen molar-refractivity contribution >= 4 is 22.6 Å². The molecule has 0 heterocycles. The highest BCUT2D eigenvalue weighted by Gasteiger charge is 2.47. The number of allylic oxidation sites excluding steroid dienone is 2. The molecule has 5 atom stereocenters. The van der Waals surface area contributed by atoms with Crippen molar-refractivity contribution in [3.8, 4) is 0 Å². The average Bonchev–Trinajstić information content (AvgIpc) is 3.14. The van der Waals surface area contributed by atoms with Gasteiger partial charge in [-0.3, -0.25) is 4.79 Å². The number of carbonyl (C=O) groups is 1. The Morgan fingerprint density at radius 3 is 2.14 bits per heavy atom. The van der Waals surface area contributed by atoms with Crippen LogP contribution in [0.4, 0.5) is 0 Å². The molecule has 2 rings (SSSR count). The van der Waals surface area contributed by atoms with Gasteiger partial charge in [-0.1, -0.05) is 84.0 Å². The van der Waals surface area contributed by atoms with E-state index in [1.54, 1.807) is 0 Å². The summed E-state index contributed by atoms with van der Waals surface area (Å²) in [4.78, 5) is 10.9. The molecule has 0 bridgehead atoms. The molecule has 7 heteroatoms. The number of carboxylic acid groups (broad SMARTS) is 1. The lowest BCUT2D eigenvalue weighted by atomic mass is 9.85. The highest BCUT2D eigenvalue weighted by Crippen LogP contribution is 2.46. The molecular formula is C35H62O5Si2. The zero-order chi connectivity index (χ0) is 31.8. The van der Waals surface area contributed by atoms with E-state index in [0.29, 0.717) is 12.8 Å². The van der Waals surface area contributed by atoms with Crippen molar-refractivity contribution in [3.05, 3.63) is 48.0 Å². The van der Waals surface area contributed by atoms with Crippen molar-refractivity contribution in [1.82, 2.24) is 0 Å². The third-order valence-electron chi connectivity index (χ3n) is 10.3. The maximum atomic E-state index is 11.4. The molecule has 1 aliphatic rings. The van der Waals surface area contributed by atoms with Crippen LogP contribution >= 0.6 is 0 Å². The monoisotopic (exact) mass is 618 g/mol. The van der Waals surface area contributed by atoms with Crippen LogP contribution in [0.25, 0.3) is 0 Å². The van der Waals surface area contributed by atoms with Gasteiger partial charge in [0, 0.05) is 12.5 Å². The number of unbranched alkanes of at least 4 members (excludes halogenated alkanes) is 1. The summed E-state index contributed by atoms with van der Waals surface area (Å²) in [6.45, 7) is 23.0. The first kappa shape index (κ1) is 36.9. The molecule has 1 fully saturated rings. The van der Waals surface area contributed by atoms with E-state index in [2.05, 4.69) is 110 Å². The van der Waals surface area contributed by atoms with Crippen LogP contribution in [0.3, 0.4) is 0 Å². The summed E-state index contributed by atoms with van der Waals surface area (Å²) in [6, 6.07) is 10.7. The number of rotatable bonds is 16. The van der Waals surface area contributed by atoms with Crippen molar-refractivity contribution in [2.24, 2.45) is 11.8 Å². The van der Waals surface area contributed by atoms with Gasteiger partial charge in [-0.05, 0) is 105 Å². The van der Waals surface area contributed by atoms with Crippen molar-refractivity contribution in [1.29, 1.82) is 0 Å². The molecule has 1 aromatic carbocycles. The largest absolute Gasteiger partial charge is 0.481 e. The van der Waals surface area contributed by atoms with Gasteiger partial charge >= 0.3 is 5.97 Å². The average molecular weight is 619 g/mol. The van der Waals surface area contributed by atoms with Gasteiger partial charge in [0.2, 0.25) is 0 Å². The molecule has 0 aromatic heterocycles. The summed E-state index contributed by atoms with van der Waals surface area (Å²) in [7, 11) is -3.97. The molecule has 5 nitrogen and oxygen atoms in total. The Morgan fingerprint density at radius 1 is 0.952 bits per heavy atom. The molecule has 1 aromatic rings. The SMILES string of the molecule is CC(C)(C)[Si](C)(C)OC(CCc1ccccc1)CC[C@@H]1[C@@H](CC=CCCCC(=O)O)[C@@H](O[Si](C)(C)C(C)(C)C)C[C@H]1O. The van der Waals surface area contributed by atoms with E-state index in [-0.39, 0.29) is 46.6 Å². The topological polar surface area (TPSA) is 76.0 Å². The Labute approximate surface area is 259 Å². The fourth-order valence-corrected chi connectivity index (χ4v) is 8.33. The van der Waals surface area contributed by atoms with E-state index < -0.39 is 22.6 Å². The van der Waals surface area contributed by atoms with Crippen LogP contribution in [0.15, 0.2) is 42.5 Å². The van der Waals surface area contributed by atoms with Crippen LogP contribution in [0.5, 0.6) is 0 Å². The van der Waals surface area contributed by atoms with Crippen LogP contribution in [0, 0.1) is 11.8 Å². The highest BCUT2D eigenvalue weighted by molar-refractivity contribution is 6.74. The summed E-state index contributed by atoms with van der Waals surface area (Å²) >= 11 is 0. The second-order valence-electron chi connectivity index (χ2n) is 15.6. The maximum Gasteiger partial charge on any atom is 0.303 e. The first-order valence-corrected chi connectivity index (χ1v) is 22.1. The molecular weight excluding hydrogens is 557 g/mol. The summed E-state index contributed by atoms with van der Waals surface area (Å²) in [5.74, 6) is -0.342. The molecule has 240 valence electrons. The fourth-order valence-electron chi connectivity index (χ4n) is 5.52. The predicted octanol–water partition coefficient (Wildman–Crippen LogP) is 9.38. The minimum Gasteiger partial charge on any atom is -0.481 e. The number of benzene rings is 1. The lowest BCUT2D eigenvalue weighted by Crippen LogP contribution is -2.45. The Bertz CT molecular complexity index is 977. The molecule has 0 saturated heterocycles. The number of aliphatic hydroxyl groups is 1. The summed E-state index contributed by atoms with van der Waals surface area (Å²) in [5.41, 5.74) is 1.34. The minimum absolute atomic E-state index is 0.0404. The third kappa shape index (κ3) is 11.3. The standard InChI is InChI=1S/C35H62O5Si2/c1-34(2,3)41(7,8)39-28(23-22-27-18-14-13-15-19-27)24-25-29-30(20-16-11-12-17-21-33(37)38)32(26-31(29)36)40-42(9,10)35(4,5)6/h11,13-16,18-19,28-32,36H,12,17,20-26H2,1-10H3,(H,37,38)/t28?,29-,30-,31-,32+/m1/s1. The number of aliphatic hydroxyl groups excluding tert-OH is 1. The number of carboxylic acids is 1. The molecule has 1 aliphatic carbocycles. The summed E-state index contributed by atoms with van der Waals surface area (Å²) in [6.07, 6.45) is 11.1. The fraction of sp³-hybridized carbons (Fsp3) is 0.743. The van der Waals surface area contributed by atoms with Crippen LogP contribution in [0.1, 0.15) is 98.5 Å². The van der Waals surface area contributed by atoms with E-state index in [9.17, 15) is 9.90 Å². The van der Waals surface area contributed by atoms with E-state index in [1.165, 1.54) is 5.56 Å². The van der Waals surface area contributed by atoms with Gasteiger partial charge in [-0.15, -0.1) is 0 Å². The molecule has 0 amide bonds. The Morgan fingerprint density at radius 2 is 1.57 bits per heavy atom. The van der Waals surface area contributed by atoms with Crippen molar-refractivity contribution < 1.29 is 23.9 Å². The van der Waals surface area contributed by atoms with Gasteiger partial charge < -0.3 is 19.1 Å². The predicted molar refractivity (Wildman–Crippen MR) is 181 cm³/mol. The van der Waals surface area contributed by atoms with Gasteiger partial charge in [0.25, 0.3) is 0 Å². The van der Waals surface area contributed by atoms with Gasteiger partial charge in [-0.25, -0.2) is 0 Å². The van der Waals surface area contributed by atoms with Crippen LogP contribution in [-0.4, -0.2) is 51.1 Å². The van der Waals surface area contributed by atoms with Crippen molar-refractivity contribution in [3.63, 3.8) is 0 Å². The van der Waals surface area contributed by atoms with Crippen molar-refractivity contribution in [2.75, 3.05) is 0 Å². The van der Waals surface area contributed by atoms with Gasteiger partial charge in [-0.2, -0.15) is 0 Å². The normalized spacial score (nSPS) is 23.0. The Balaban J connectivity index is 2.22. The molecule has 2 N–H and O–H groups in total. The van der Waals surface area contributed by atoms with E-state index in [0.717, 1.165) is 38.5 Å². The lowest BCUT2D eigenvalue weighted by Gasteiger charge is -2.41. The van der Waals surface area contributed by atoms with E-state index in [1.807, 2.05) is 0 Å². The zero-order valence-corrected chi connectivity index (χ0v) is 30.4. The second-order valence-corrected chi connectivity index (χ2v) is 25.2. The maximum absolute atomic E-state index is 11.4. The summed E-state index contributed by atoms with van der Waals surface area (Å²) in [5, 5.41) is 20.6. The first-order valence-electron chi connectivity index (χ1n) is 16.3. The number of hydrogen-bond acceptors (Lipinski definition) is 4. The first-order chi connectivity index (χ1) is 19.3.